The fourth-order valence-corrected chi connectivity index (χ4v) is 3.94. The molecule has 0 aromatic heterocycles. The Kier molecular flexibility index (Phi) is 5.67. The van der Waals surface area contributed by atoms with Gasteiger partial charge in [0.1, 0.15) is 0 Å². The predicted octanol–water partition coefficient (Wildman–Crippen LogP) is 2.39. The Labute approximate surface area is 118 Å². The molecule has 3 heteroatoms. The first-order valence-electron chi connectivity index (χ1n) is 8.35. The molecule has 0 aromatic rings. The molecule has 0 bridgehead atoms. The zero-order valence-electron chi connectivity index (χ0n) is 12.8. The highest BCUT2D eigenvalue weighted by atomic mass is 16.3. The van der Waals surface area contributed by atoms with E-state index in [-0.39, 0.29) is 5.54 Å². The van der Waals surface area contributed by atoms with Gasteiger partial charge in [0.05, 0.1) is 6.61 Å². The quantitative estimate of drug-likeness (QED) is 0.674. The second-order valence-corrected chi connectivity index (χ2v) is 6.49. The standard InChI is InChI=1S/C16H32N2O/c1-3-11-18(15-7-8-15)12-9-14-6-5-10-16(14,13-19)17-4-2/h14-15,17,19H,3-13H2,1-2H3. The largest absolute Gasteiger partial charge is 0.394 e. The number of aliphatic hydroxyl groups excluding tert-OH is 1. The van der Waals surface area contributed by atoms with Gasteiger partial charge in [0.25, 0.3) is 0 Å². The molecular formula is C16H32N2O. The lowest BCUT2D eigenvalue weighted by molar-refractivity contribution is 0.111. The molecule has 2 rings (SSSR count). The molecule has 0 aliphatic heterocycles. The Balaban J connectivity index is 1.85. The molecule has 2 saturated carbocycles. The van der Waals surface area contributed by atoms with Crippen LogP contribution in [0, 0.1) is 5.92 Å². The van der Waals surface area contributed by atoms with Gasteiger partial charge >= 0.3 is 0 Å². The summed E-state index contributed by atoms with van der Waals surface area (Å²) in [5.74, 6) is 0.663. The van der Waals surface area contributed by atoms with Crippen molar-refractivity contribution >= 4 is 0 Å². The Morgan fingerprint density at radius 3 is 2.58 bits per heavy atom. The second kappa shape index (κ2) is 7.05. The number of hydrogen-bond acceptors (Lipinski definition) is 3. The van der Waals surface area contributed by atoms with Crippen LogP contribution in [0.15, 0.2) is 0 Å². The van der Waals surface area contributed by atoms with E-state index in [4.69, 9.17) is 0 Å². The van der Waals surface area contributed by atoms with E-state index < -0.39 is 0 Å². The maximum Gasteiger partial charge on any atom is 0.0616 e. The SMILES string of the molecule is CCCN(CCC1CCCC1(CO)NCC)C1CC1. The lowest BCUT2D eigenvalue weighted by Crippen LogP contribution is -2.52. The molecule has 0 heterocycles. The van der Waals surface area contributed by atoms with Gasteiger partial charge < -0.3 is 15.3 Å². The Bertz CT molecular complexity index is 267. The molecule has 0 aromatic carbocycles. The Hall–Kier alpha value is -0.120. The minimum atomic E-state index is 0.0240. The zero-order valence-corrected chi connectivity index (χ0v) is 12.8. The number of nitrogens with zero attached hydrogens (tertiary/aromatic N) is 1. The van der Waals surface area contributed by atoms with Crippen LogP contribution in [-0.4, -0.2) is 47.8 Å². The van der Waals surface area contributed by atoms with Gasteiger partial charge in [-0.2, -0.15) is 0 Å². The fourth-order valence-electron chi connectivity index (χ4n) is 3.94. The van der Waals surface area contributed by atoms with Gasteiger partial charge in [-0.15, -0.1) is 0 Å². The van der Waals surface area contributed by atoms with Gasteiger partial charge in [-0.05, 0) is 64.1 Å². The van der Waals surface area contributed by atoms with E-state index in [9.17, 15) is 5.11 Å². The second-order valence-electron chi connectivity index (χ2n) is 6.49. The van der Waals surface area contributed by atoms with Crippen LogP contribution in [0.5, 0.6) is 0 Å². The highest BCUT2D eigenvalue weighted by molar-refractivity contribution is 4.99. The third-order valence-corrected chi connectivity index (χ3v) is 5.11. The van der Waals surface area contributed by atoms with Gasteiger partial charge in [0.15, 0.2) is 0 Å². The number of nitrogens with one attached hydrogen (secondary N) is 1. The maximum absolute atomic E-state index is 9.83. The van der Waals surface area contributed by atoms with E-state index in [1.54, 1.807) is 0 Å². The minimum Gasteiger partial charge on any atom is -0.394 e. The van der Waals surface area contributed by atoms with Crippen LogP contribution in [-0.2, 0) is 0 Å². The molecule has 2 aliphatic rings. The summed E-state index contributed by atoms with van der Waals surface area (Å²) < 4.78 is 0. The van der Waals surface area contributed by atoms with Crippen LogP contribution in [0.2, 0.25) is 0 Å². The lowest BCUT2D eigenvalue weighted by atomic mass is 9.85. The molecule has 2 unspecified atom stereocenters. The van der Waals surface area contributed by atoms with Crippen molar-refractivity contribution in [2.75, 3.05) is 26.2 Å². The van der Waals surface area contributed by atoms with Crippen LogP contribution < -0.4 is 5.32 Å². The van der Waals surface area contributed by atoms with Crippen LogP contribution in [0.1, 0.15) is 58.8 Å². The van der Waals surface area contributed by atoms with Crippen LogP contribution in [0.3, 0.4) is 0 Å². The third-order valence-electron chi connectivity index (χ3n) is 5.11. The van der Waals surface area contributed by atoms with Crippen molar-refractivity contribution in [1.29, 1.82) is 0 Å². The normalized spacial score (nSPS) is 31.3. The molecule has 2 N–H and O–H groups in total. The molecule has 0 spiro atoms. The summed E-state index contributed by atoms with van der Waals surface area (Å²) in [7, 11) is 0. The summed E-state index contributed by atoms with van der Waals surface area (Å²) in [6.07, 6.45) is 9.04. The van der Waals surface area contributed by atoms with Crippen molar-refractivity contribution in [3.8, 4) is 0 Å². The molecule has 3 nitrogen and oxygen atoms in total. The average molecular weight is 268 g/mol. The summed E-state index contributed by atoms with van der Waals surface area (Å²) in [5, 5.41) is 13.4. The summed E-state index contributed by atoms with van der Waals surface area (Å²) in [6.45, 7) is 8.20. The smallest absolute Gasteiger partial charge is 0.0616 e. The van der Waals surface area contributed by atoms with Crippen molar-refractivity contribution in [2.24, 2.45) is 5.92 Å². The predicted molar refractivity (Wildman–Crippen MR) is 80.3 cm³/mol. The van der Waals surface area contributed by atoms with Gasteiger partial charge in [-0.3, -0.25) is 0 Å². The summed E-state index contributed by atoms with van der Waals surface area (Å²) in [6, 6.07) is 0.879. The fraction of sp³-hybridized carbons (Fsp3) is 1.00. The zero-order chi connectivity index (χ0) is 13.7. The molecule has 2 fully saturated rings. The summed E-state index contributed by atoms with van der Waals surface area (Å²) in [5.41, 5.74) is 0.0240. The Morgan fingerprint density at radius 2 is 2.00 bits per heavy atom. The maximum atomic E-state index is 9.83. The van der Waals surface area contributed by atoms with Gasteiger partial charge in [-0.25, -0.2) is 0 Å². The monoisotopic (exact) mass is 268 g/mol. The summed E-state index contributed by atoms with van der Waals surface area (Å²) in [4.78, 5) is 2.69. The molecule has 0 amide bonds. The molecule has 2 atom stereocenters. The van der Waals surface area contributed by atoms with E-state index in [1.165, 1.54) is 51.6 Å². The van der Waals surface area contributed by atoms with Crippen molar-refractivity contribution in [3.63, 3.8) is 0 Å². The number of hydrogen-bond donors (Lipinski definition) is 2. The average Bonchev–Trinajstić information content (AvgIpc) is 3.18. The van der Waals surface area contributed by atoms with Crippen molar-refractivity contribution < 1.29 is 5.11 Å². The highest BCUT2D eigenvalue weighted by Crippen LogP contribution is 2.38. The van der Waals surface area contributed by atoms with Crippen LogP contribution >= 0.6 is 0 Å². The van der Waals surface area contributed by atoms with E-state index in [0.29, 0.717) is 12.5 Å². The van der Waals surface area contributed by atoms with E-state index in [1.807, 2.05) is 0 Å². The molecule has 0 radical (unpaired) electrons. The molecule has 112 valence electrons. The number of rotatable bonds is 9. The minimum absolute atomic E-state index is 0.0240. The highest BCUT2D eigenvalue weighted by Gasteiger charge is 2.41. The summed E-state index contributed by atoms with van der Waals surface area (Å²) >= 11 is 0. The Morgan fingerprint density at radius 1 is 1.21 bits per heavy atom. The van der Waals surface area contributed by atoms with Crippen molar-refractivity contribution in [1.82, 2.24) is 10.2 Å². The van der Waals surface area contributed by atoms with Gasteiger partial charge in [-0.1, -0.05) is 20.3 Å². The number of aliphatic hydroxyl groups is 1. The van der Waals surface area contributed by atoms with E-state index in [0.717, 1.165) is 19.0 Å². The van der Waals surface area contributed by atoms with E-state index in [2.05, 4.69) is 24.1 Å². The van der Waals surface area contributed by atoms with Crippen molar-refractivity contribution in [2.45, 2.75) is 70.4 Å². The van der Waals surface area contributed by atoms with Gasteiger partial charge in [0, 0.05) is 11.6 Å². The first kappa shape index (κ1) is 15.3. The third kappa shape index (κ3) is 3.71. The molecule has 0 saturated heterocycles. The first-order valence-corrected chi connectivity index (χ1v) is 8.35. The topological polar surface area (TPSA) is 35.5 Å². The van der Waals surface area contributed by atoms with Crippen molar-refractivity contribution in [3.05, 3.63) is 0 Å². The van der Waals surface area contributed by atoms with Gasteiger partial charge in [0.2, 0.25) is 0 Å². The van der Waals surface area contributed by atoms with Crippen LogP contribution in [0.25, 0.3) is 0 Å². The van der Waals surface area contributed by atoms with Crippen LogP contribution in [0.4, 0.5) is 0 Å². The number of likely N-dealkylation sites (N-methyl/N-ethyl adjacent to an activating group) is 1. The molecule has 19 heavy (non-hydrogen) atoms. The first-order chi connectivity index (χ1) is 9.25. The molecule has 2 aliphatic carbocycles. The van der Waals surface area contributed by atoms with E-state index >= 15 is 0 Å². The lowest BCUT2D eigenvalue weighted by Gasteiger charge is -2.36. The molecular weight excluding hydrogens is 236 g/mol.